The number of halogens is 5. The minimum atomic E-state index is -4.57. The summed E-state index contributed by atoms with van der Waals surface area (Å²) in [6, 6.07) is 18.1. The molecule has 0 aliphatic rings. The first-order valence-corrected chi connectivity index (χ1v) is 12.8. The van der Waals surface area contributed by atoms with Gasteiger partial charge in [0.1, 0.15) is 17.2 Å². The van der Waals surface area contributed by atoms with Crippen LogP contribution in [-0.2, 0) is 6.18 Å². The Morgan fingerprint density at radius 1 is 1.00 bits per heavy atom. The number of aliphatic hydroxyl groups excluding tert-OH is 1. The second kappa shape index (κ2) is 10.8. The lowest BCUT2D eigenvalue weighted by molar-refractivity contribution is -0.141. The maximum Gasteiger partial charge on any atom is 0.433 e. The lowest BCUT2D eigenvalue weighted by Crippen LogP contribution is -2.23. The number of benzene rings is 2. The zero-order valence-corrected chi connectivity index (χ0v) is 22.1. The van der Waals surface area contributed by atoms with Crippen molar-refractivity contribution < 1.29 is 18.3 Å². The zero-order valence-electron chi connectivity index (χ0n) is 20.5. The molecule has 5 aromatic rings. The first-order chi connectivity index (χ1) is 18.7. The molecule has 1 atom stereocenters. The normalized spacial score (nSPS) is 12.6. The molecule has 0 amide bonds. The Kier molecular flexibility index (Phi) is 7.48. The van der Waals surface area contributed by atoms with Crippen LogP contribution in [0.5, 0.6) is 0 Å². The molecule has 6 nitrogen and oxygen atoms in total. The summed E-state index contributed by atoms with van der Waals surface area (Å²) in [4.78, 5) is 8.47. The molecule has 2 N–H and O–H groups in total. The summed E-state index contributed by atoms with van der Waals surface area (Å²) in [5.41, 5.74) is 2.88. The highest BCUT2D eigenvalue weighted by molar-refractivity contribution is 6.33. The molecule has 0 saturated heterocycles. The quantitative estimate of drug-likeness (QED) is 0.210. The van der Waals surface area contributed by atoms with Crippen molar-refractivity contribution in [2.24, 2.45) is 0 Å². The summed E-state index contributed by atoms with van der Waals surface area (Å²) in [7, 11) is 0. The Balaban J connectivity index is 1.83. The van der Waals surface area contributed by atoms with Gasteiger partial charge in [-0.15, -0.1) is 0 Å². The smallest absolute Gasteiger partial charge is 0.394 e. The maximum atomic E-state index is 13.2. The van der Waals surface area contributed by atoms with Crippen molar-refractivity contribution in [3.8, 4) is 33.6 Å². The molecular weight excluding hydrogens is 550 g/mol. The summed E-state index contributed by atoms with van der Waals surface area (Å²) in [6.07, 6.45) is -2.79. The Morgan fingerprint density at radius 3 is 2.33 bits per heavy atom. The Bertz CT molecular complexity index is 1620. The van der Waals surface area contributed by atoms with Crippen molar-refractivity contribution in [2.75, 3.05) is 11.9 Å². The number of nitrogens with one attached hydrogen (secondary N) is 1. The second-order valence-electron chi connectivity index (χ2n) is 8.83. The minimum absolute atomic E-state index is 0.130. The largest absolute Gasteiger partial charge is 0.433 e. The fourth-order valence-electron chi connectivity index (χ4n) is 4.22. The van der Waals surface area contributed by atoms with Crippen LogP contribution >= 0.6 is 23.2 Å². The Morgan fingerprint density at radius 2 is 1.72 bits per heavy atom. The van der Waals surface area contributed by atoms with E-state index in [0.717, 1.165) is 17.8 Å². The third-order valence-electron chi connectivity index (χ3n) is 6.27. The van der Waals surface area contributed by atoms with Crippen LogP contribution in [-0.4, -0.2) is 37.3 Å². The fourth-order valence-corrected chi connectivity index (χ4v) is 4.57. The van der Waals surface area contributed by atoms with E-state index in [1.165, 1.54) is 6.07 Å². The van der Waals surface area contributed by atoms with Gasteiger partial charge in [0.05, 0.1) is 28.9 Å². The first-order valence-electron chi connectivity index (χ1n) is 12.0. The van der Waals surface area contributed by atoms with E-state index in [1.807, 2.05) is 37.3 Å². The fraction of sp³-hybridized carbons (Fsp3) is 0.179. The Hall–Kier alpha value is -3.66. The van der Waals surface area contributed by atoms with E-state index < -0.39 is 11.9 Å². The molecule has 5 rings (SSSR count). The van der Waals surface area contributed by atoms with E-state index in [0.29, 0.717) is 56.0 Å². The van der Waals surface area contributed by atoms with Crippen LogP contribution in [0.2, 0.25) is 10.0 Å². The van der Waals surface area contributed by atoms with Gasteiger partial charge < -0.3 is 10.4 Å². The van der Waals surface area contributed by atoms with Gasteiger partial charge in [-0.05, 0) is 42.3 Å². The van der Waals surface area contributed by atoms with Crippen LogP contribution < -0.4 is 5.32 Å². The molecule has 0 aliphatic heterocycles. The third-order valence-corrected chi connectivity index (χ3v) is 6.85. The number of rotatable bonds is 7. The molecule has 0 fully saturated rings. The summed E-state index contributed by atoms with van der Waals surface area (Å²) in [5, 5.41) is 18.9. The van der Waals surface area contributed by atoms with Crippen molar-refractivity contribution in [1.29, 1.82) is 0 Å². The number of fused-ring (bicyclic) bond motifs is 1. The van der Waals surface area contributed by atoms with Crippen molar-refractivity contribution in [2.45, 2.75) is 25.6 Å². The zero-order chi connectivity index (χ0) is 27.7. The van der Waals surface area contributed by atoms with Crippen LogP contribution in [0.1, 0.15) is 19.0 Å². The van der Waals surface area contributed by atoms with Crippen molar-refractivity contribution in [3.63, 3.8) is 0 Å². The van der Waals surface area contributed by atoms with E-state index >= 15 is 0 Å². The molecule has 3 aromatic heterocycles. The predicted octanol–water partition coefficient (Wildman–Crippen LogP) is 7.63. The number of aromatic nitrogens is 4. The topological polar surface area (TPSA) is 75.3 Å². The average Bonchev–Trinajstić information content (AvgIpc) is 3.30. The molecule has 200 valence electrons. The summed E-state index contributed by atoms with van der Waals surface area (Å²) in [6.45, 7) is 1.79. The minimum Gasteiger partial charge on any atom is -0.394 e. The highest BCUT2D eigenvalue weighted by Crippen LogP contribution is 2.40. The van der Waals surface area contributed by atoms with E-state index in [1.54, 1.807) is 28.8 Å². The highest BCUT2D eigenvalue weighted by atomic mass is 35.5. The van der Waals surface area contributed by atoms with Crippen LogP contribution in [0.15, 0.2) is 72.9 Å². The molecule has 0 bridgehead atoms. The number of hydrogen-bond donors (Lipinski definition) is 2. The molecule has 39 heavy (non-hydrogen) atoms. The van der Waals surface area contributed by atoms with E-state index in [9.17, 15) is 18.3 Å². The van der Waals surface area contributed by atoms with Crippen LogP contribution in [0.3, 0.4) is 0 Å². The van der Waals surface area contributed by atoms with Gasteiger partial charge >= 0.3 is 6.18 Å². The number of pyridine rings is 1. The molecule has 0 saturated carbocycles. The highest BCUT2D eigenvalue weighted by Gasteiger charge is 2.32. The standard InChI is InChI=1S/C28H22Cl2F3N5O/c1-2-19(15-39)35-24-13-22(17-9-12-23(34-14-17)28(31,32)33)38-27(36-24)25(16-7-10-18(29)11-8-16)26(37-38)20-5-3-4-6-21(20)30/h3-14,19,39H,2,15H2,1H3,(H,35,36)/t19-/m0/s1. The summed E-state index contributed by atoms with van der Waals surface area (Å²) < 4.78 is 41.2. The summed E-state index contributed by atoms with van der Waals surface area (Å²) >= 11 is 12.7. The number of anilines is 1. The third kappa shape index (κ3) is 5.43. The molecule has 0 aliphatic carbocycles. The molecule has 0 unspecified atom stereocenters. The predicted molar refractivity (Wildman–Crippen MR) is 147 cm³/mol. The monoisotopic (exact) mass is 571 g/mol. The number of hydrogen-bond acceptors (Lipinski definition) is 5. The van der Waals surface area contributed by atoms with Crippen molar-refractivity contribution in [3.05, 3.63) is 88.7 Å². The second-order valence-corrected chi connectivity index (χ2v) is 9.68. The van der Waals surface area contributed by atoms with Gasteiger partial charge in [0.15, 0.2) is 5.65 Å². The molecule has 2 aromatic carbocycles. The Labute approximate surface area is 232 Å². The van der Waals surface area contributed by atoms with Gasteiger partial charge in [0, 0.05) is 28.4 Å². The SMILES string of the molecule is CC[C@@H](CO)Nc1cc(-c2ccc(C(F)(F)F)nc2)n2nc(-c3ccccc3Cl)c(-c3ccc(Cl)cc3)c2n1. The van der Waals surface area contributed by atoms with E-state index in [2.05, 4.69) is 10.3 Å². The van der Waals surface area contributed by atoms with Gasteiger partial charge in [-0.25, -0.2) is 9.50 Å². The van der Waals surface area contributed by atoms with Crippen molar-refractivity contribution >= 4 is 34.7 Å². The van der Waals surface area contributed by atoms with Gasteiger partial charge in [-0.2, -0.15) is 18.3 Å². The maximum absolute atomic E-state index is 13.2. The molecule has 0 spiro atoms. The lowest BCUT2D eigenvalue weighted by atomic mass is 10.0. The molecule has 3 heterocycles. The lowest BCUT2D eigenvalue weighted by Gasteiger charge is -2.16. The van der Waals surface area contributed by atoms with Gasteiger partial charge in [-0.1, -0.05) is 60.5 Å². The van der Waals surface area contributed by atoms with Gasteiger partial charge in [0.25, 0.3) is 0 Å². The number of alkyl halides is 3. The summed E-state index contributed by atoms with van der Waals surface area (Å²) in [5.74, 6) is 0.416. The number of nitrogens with zero attached hydrogens (tertiary/aromatic N) is 4. The van der Waals surface area contributed by atoms with E-state index in [-0.39, 0.29) is 12.6 Å². The van der Waals surface area contributed by atoms with Crippen LogP contribution in [0, 0.1) is 0 Å². The molecule has 0 radical (unpaired) electrons. The van der Waals surface area contributed by atoms with Gasteiger partial charge in [0.2, 0.25) is 0 Å². The average molecular weight is 572 g/mol. The van der Waals surface area contributed by atoms with Crippen LogP contribution in [0.4, 0.5) is 19.0 Å². The first kappa shape index (κ1) is 26.9. The van der Waals surface area contributed by atoms with Crippen molar-refractivity contribution in [1.82, 2.24) is 19.6 Å². The molecule has 11 heteroatoms. The number of aliphatic hydroxyl groups is 1. The van der Waals surface area contributed by atoms with Crippen LogP contribution in [0.25, 0.3) is 39.3 Å². The molecular formula is C28H22Cl2F3N5O. The van der Waals surface area contributed by atoms with Gasteiger partial charge in [-0.3, -0.25) is 4.98 Å². The van der Waals surface area contributed by atoms with E-state index in [4.69, 9.17) is 33.3 Å².